The van der Waals surface area contributed by atoms with Crippen LogP contribution < -0.4 is 9.46 Å². The number of rotatable bonds is 9. The standard InChI is InChI=1S/C19H19NO6S/c1-2-26-18-9-4-3-6-14(18)10-11-17(21)15-7-5-8-16(12-15)27(24,25)20-13-19(22)23/h3-12,20H,2,13H2,1H3,(H,22,23). The molecule has 7 nitrogen and oxygen atoms in total. The smallest absolute Gasteiger partial charge is 0.318 e. The highest BCUT2D eigenvalue weighted by atomic mass is 32.2. The minimum atomic E-state index is -4.02. The van der Waals surface area contributed by atoms with Crippen LogP contribution in [-0.2, 0) is 14.8 Å². The molecule has 0 aliphatic heterocycles. The number of carbonyl (C=O) groups excluding carboxylic acids is 1. The van der Waals surface area contributed by atoms with E-state index in [0.717, 1.165) is 5.56 Å². The van der Waals surface area contributed by atoms with Gasteiger partial charge in [-0.1, -0.05) is 30.3 Å². The fourth-order valence-electron chi connectivity index (χ4n) is 2.22. The lowest BCUT2D eigenvalue weighted by molar-refractivity contribution is -0.135. The highest BCUT2D eigenvalue weighted by Gasteiger charge is 2.16. The lowest BCUT2D eigenvalue weighted by Crippen LogP contribution is -2.29. The topological polar surface area (TPSA) is 110 Å². The Bertz CT molecular complexity index is 966. The third kappa shape index (κ3) is 5.77. The number of ketones is 1. The largest absolute Gasteiger partial charge is 0.493 e. The van der Waals surface area contributed by atoms with Gasteiger partial charge >= 0.3 is 5.97 Å². The van der Waals surface area contributed by atoms with E-state index in [4.69, 9.17) is 9.84 Å². The molecule has 142 valence electrons. The molecule has 0 unspecified atom stereocenters. The Morgan fingerprint density at radius 1 is 1.15 bits per heavy atom. The van der Waals surface area contributed by atoms with Crippen molar-refractivity contribution < 1.29 is 27.9 Å². The zero-order valence-corrected chi connectivity index (χ0v) is 15.4. The Hall–Kier alpha value is -2.97. The van der Waals surface area contributed by atoms with E-state index in [9.17, 15) is 18.0 Å². The van der Waals surface area contributed by atoms with Crippen molar-refractivity contribution in [1.29, 1.82) is 0 Å². The third-order valence-corrected chi connectivity index (χ3v) is 4.87. The summed E-state index contributed by atoms with van der Waals surface area (Å²) in [5, 5.41) is 8.60. The van der Waals surface area contributed by atoms with Crippen molar-refractivity contribution in [3.63, 3.8) is 0 Å². The maximum atomic E-state index is 12.4. The average Bonchev–Trinajstić information content (AvgIpc) is 2.66. The van der Waals surface area contributed by atoms with Crippen LogP contribution in [0.25, 0.3) is 6.08 Å². The zero-order valence-electron chi connectivity index (χ0n) is 14.6. The van der Waals surface area contributed by atoms with Crippen LogP contribution >= 0.6 is 0 Å². The predicted octanol–water partition coefficient (Wildman–Crippen LogP) is 2.34. The molecule has 2 aromatic rings. The summed E-state index contributed by atoms with van der Waals surface area (Å²) in [4.78, 5) is 22.8. The van der Waals surface area contributed by atoms with Crippen LogP contribution in [0, 0.1) is 0 Å². The second-order valence-corrected chi connectivity index (χ2v) is 7.18. The second-order valence-electron chi connectivity index (χ2n) is 5.41. The van der Waals surface area contributed by atoms with Crippen molar-refractivity contribution in [1.82, 2.24) is 4.72 Å². The molecule has 0 aromatic heterocycles. The van der Waals surface area contributed by atoms with Crippen molar-refractivity contribution in [2.24, 2.45) is 0 Å². The fourth-order valence-corrected chi connectivity index (χ4v) is 3.24. The Morgan fingerprint density at radius 3 is 2.59 bits per heavy atom. The average molecular weight is 389 g/mol. The molecule has 27 heavy (non-hydrogen) atoms. The molecular weight excluding hydrogens is 370 g/mol. The first-order valence-electron chi connectivity index (χ1n) is 8.09. The van der Waals surface area contributed by atoms with Crippen LogP contribution in [0.3, 0.4) is 0 Å². The van der Waals surface area contributed by atoms with Gasteiger partial charge in [0.05, 0.1) is 11.5 Å². The molecule has 0 saturated carbocycles. The van der Waals surface area contributed by atoms with E-state index in [1.54, 1.807) is 18.2 Å². The van der Waals surface area contributed by atoms with Gasteiger partial charge in [-0.3, -0.25) is 9.59 Å². The number of para-hydroxylation sites is 1. The Balaban J connectivity index is 2.22. The molecule has 0 spiro atoms. The number of carboxylic acid groups (broad SMARTS) is 1. The summed E-state index contributed by atoms with van der Waals surface area (Å²) >= 11 is 0. The van der Waals surface area contributed by atoms with Crippen LogP contribution in [0.15, 0.2) is 59.5 Å². The first kappa shape index (κ1) is 20.3. The van der Waals surface area contributed by atoms with Gasteiger partial charge < -0.3 is 9.84 Å². The molecule has 0 heterocycles. The van der Waals surface area contributed by atoms with E-state index < -0.39 is 28.3 Å². The van der Waals surface area contributed by atoms with Gasteiger partial charge in [-0.25, -0.2) is 8.42 Å². The maximum Gasteiger partial charge on any atom is 0.318 e. The van der Waals surface area contributed by atoms with Crippen LogP contribution in [0.1, 0.15) is 22.8 Å². The Morgan fingerprint density at radius 2 is 1.89 bits per heavy atom. The summed E-state index contributed by atoms with van der Waals surface area (Å²) in [5.41, 5.74) is 0.887. The first-order valence-corrected chi connectivity index (χ1v) is 9.57. The molecule has 0 amide bonds. The van der Waals surface area contributed by atoms with Gasteiger partial charge in [-0.05, 0) is 37.3 Å². The number of sulfonamides is 1. The van der Waals surface area contributed by atoms with Crippen LogP contribution in [0.4, 0.5) is 0 Å². The SMILES string of the molecule is CCOc1ccccc1C=CC(=O)c1cccc(S(=O)(=O)NCC(=O)O)c1. The van der Waals surface area contributed by atoms with E-state index in [1.165, 1.54) is 30.3 Å². The number of carboxylic acids is 1. The van der Waals surface area contributed by atoms with Crippen LogP contribution in [0.5, 0.6) is 5.75 Å². The molecule has 0 atom stereocenters. The number of benzene rings is 2. The quantitative estimate of drug-likeness (QED) is 0.503. The van der Waals surface area contributed by atoms with Crippen molar-refractivity contribution in [3.05, 3.63) is 65.7 Å². The van der Waals surface area contributed by atoms with E-state index in [1.807, 2.05) is 23.8 Å². The molecule has 0 aliphatic rings. The van der Waals surface area contributed by atoms with E-state index >= 15 is 0 Å². The lowest BCUT2D eigenvalue weighted by Gasteiger charge is -2.07. The lowest BCUT2D eigenvalue weighted by atomic mass is 10.1. The van der Waals surface area contributed by atoms with Gasteiger partial charge in [0.2, 0.25) is 10.0 Å². The van der Waals surface area contributed by atoms with Gasteiger partial charge in [0.25, 0.3) is 0 Å². The number of nitrogens with one attached hydrogen (secondary N) is 1. The number of ether oxygens (including phenoxy) is 1. The molecule has 0 aliphatic carbocycles. The van der Waals surface area contributed by atoms with E-state index in [0.29, 0.717) is 12.4 Å². The number of carbonyl (C=O) groups is 2. The Kier molecular flexibility index (Phi) is 6.86. The van der Waals surface area contributed by atoms with Crippen molar-refractivity contribution in [3.8, 4) is 5.75 Å². The molecule has 2 rings (SSSR count). The predicted molar refractivity (Wildman–Crippen MR) is 100 cm³/mol. The van der Waals surface area contributed by atoms with Gasteiger partial charge in [0.1, 0.15) is 12.3 Å². The van der Waals surface area contributed by atoms with Gasteiger partial charge in [-0.2, -0.15) is 4.72 Å². The summed E-state index contributed by atoms with van der Waals surface area (Å²) in [7, 11) is -4.02. The summed E-state index contributed by atoms with van der Waals surface area (Å²) in [6, 6.07) is 12.6. The molecule has 0 bridgehead atoms. The maximum absolute atomic E-state index is 12.4. The highest BCUT2D eigenvalue weighted by molar-refractivity contribution is 7.89. The van der Waals surface area contributed by atoms with E-state index in [-0.39, 0.29) is 10.5 Å². The molecule has 8 heteroatoms. The summed E-state index contributed by atoms with van der Waals surface area (Å²) in [5.74, 6) is -1.06. The number of allylic oxidation sites excluding steroid dienone is 1. The minimum Gasteiger partial charge on any atom is -0.493 e. The van der Waals surface area contributed by atoms with Gasteiger partial charge in [-0.15, -0.1) is 0 Å². The normalized spacial score (nSPS) is 11.4. The molecule has 2 N–H and O–H groups in total. The van der Waals surface area contributed by atoms with Crippen molar-refractivity contribution in [2.75, 3.05) is 13.2 Å². The third-order valence-electron chi connectivity index (χ3n) is 3.48. The number of aliphatic carboxylic acids is 1. The molecular formula is C19H19NO6S. The zero-order chi connectivity index (χ0) is 19.9. The van der Waals surface area contributed by atoms with Crippen molar-refractivity contribution in [2.45, 2.75) is 11.8 Å². The monoisotopic (exact) mass is 389 g/mol. The van der Waals surface area contributed by atoms with Crippen LogP contribution in [0.2, 0.25) is 0 Å². The number of hydrogen-bond acceptors (Lipinski definition) is 5. The summed E-state index contributed by atoms with van der Waals surface area (Å²) in [6.45, 7) is 1.60. The molecule has 0 saturated heterocycles. The molecule has 0 radical (unpaired) electrons. The number of hydrogen-bond donors (Lipinski definition) is 2. The molecule has 0 fully saturated rings. The second kappa shape index (κ2) is 9.11. The molecule has 2 aromatic carbocycles. The summed E-state index contributed by atoms with van der Waals surface area (Å²) < 4.78 is 31.6. The minimum absolute atomic E-state index is 0.165. The van der Waals surface area contributed by atoms with Gasteiger partial charge in [0, 0.05) is 11.1 Å². The van der Waals surface area contributed by atoms with E-state index in [2.05, 4.69) is 0 Å². The first-order chi connectivity index (χ1) is 12.8. The highest BCUT2D eigenvalue weighted by Crippen LogP contribution is 2.20. The Labute approximate surface area is 157 Å². The van der Waals surface area contributed by atoms with Crippen LogP contribution in [-0.4, -0.2) is 38.4 Å². The van der Waals surface area contributed by atoms with Gasteiger partial charge in [0.15, 0.2) is 5.78 Å². The summed E-state index contributed by atoms with van der Waals surface area (Å²) in [6.07, 6.45) is 2.92. The fraction of sp³-hybridized carbons (Fsp3) is 0.158. The van der Waals surface area contributed by atoms with Crippen molar-refractivity contribution >= 4 is 27.9 Å².